The number of nitrogens with one attached hydrogen (secondary N) is 1. The molecule has 0 saturated heterocycles. The Morgan fingerprint density at radius 2 is 1.95 bits per heavy atom. The zero-order chi connectivity index (χ0) is 15.2. The van der Waals surface area contributed by atoms with Gasteiger partial charge in [0.05, 0.1) is 6.61 Å². The average Bonchev–Trinajstić information content (AvgIpc) is 3.12. The first-order chi connectivity index (χ1) is 9.37. The fourth-order valence-electron chi connectivity index (χ4n) is 2.41. The van der Waals surface area contributed by atoms with E-state index in [1.807, 2.05) is 13.8 Å². The molecule has 1 atom stereocenters. The highest BCUT2D eigenvalue weighted by Crippen LogP contribution is 2.23. The van der Waals surface area contributed by atoms with Gasteiger partial charge in [0.25, 0.3) is 0 Å². The Balaban J connectivity index is 2.47. The van der Waals surface area contributed by atoms with Crippen molar-refractivity contribution in [3.63, 3.8) is 0 Å². The number of carbonyl (C=O) groups excluding carboxylic acids is 1. The smallest absolute Gasteiger partial charge is 0.327 e. The zero-order valence-electron chi connectivity index (χ0n) is 13.7. The van der Waals surface area contributed by atoms with Crippen molar-refractivity contribution in [2.75, 3.05) is 47.4 Å². The van der Waals surface area contributed by atoms with Gasteiger partial charge in [-0.1, -0.05) is 0 Å². The highest BCUT2D eigenvalue weighted by atomic mass is 16.5. The van der Waals surface area contributed by atoms with E-state index < -0.39 is 5.54 Å². The predicted octanol–water partition coefficient (Wildman–Crippen LogP) is 0.944. The summed E-state index contributed by atoms with van der Waals surface area (Å²) in [6, 6.07) is 0.486. The standard InChI is InChI=1S/C15H31N3O2/c1-6-20-14(19)15(2,16-13-8-9-13)12-18(5)11-7-10-17(3)4/h13,16H,6-12H2,1-5H3. The van der Waals surface area contributed by atoms with E-state index in [1.165, 1.54) is 12.8 Å². The number of hydrogen-bond acceptors (Lipinski definition) is 5. The Kier molecular flexibility index (Phi) is 6.92. The maximum absolute atomic E-state index is 12.2. The summed E-state index contributed by atoms with van der Waals surface area (Å²) in [6.45, 7) is 7.00. The van der Waals surface area contributed by atoms with Crippen molar-refractivity contribution in [1.29, 1.82) is 0 Å². The molecule has 5 heteroatoms. The van der Waals surface area contributed by atoms with Crippen molar-refractivity contribution in [3.8, 4) is 0 Å². The predicted molar refractivity (Wildman–Crippen MR) is 81.9 cm³/mol. The molecule has 0 heterocycles. The third kappa shape index (κ3) is 6.20. The van der Waals surface area contributed by atoms with Crippen LogP contribution in [0.25, 0.3) is 0 Å². The third-order valence-electron chi connectivity index (χ3n) is 3.56. The van der Waals surface area contributed by atoms with Gasteiger partial charge in [-0.25, -0.2) is 0 Å². The molecule has 1 aliphatic carbocycles. The van der Waals surface area contributed by atoms with Crippen LogP contribution in [0.4, 0.5) is 0 Å². The van der Waals surface area contributed by atoms with Crippen LogP contribution in [-0.4, -0.2) is 74.7 Å². The molecule has 0 radical (unpaired) electrons. The second-order valence-corrected chi connectivity index (χ2v) is 6.37. The molecule has 0 bridgehead atoms. The summed E-state index contributed by atoms with van der Waals surface area (Å²) in [6.07, 6.45) is 3.44. The topological polar surface area (TPSA) is 44.8 Å². The Bertz CT molecular complexity index is 305. The van der Waals surface area contributed by atoms with Crippen LogP contribution in [0, 0.1) is 0 Å². The van der Waals surface area contributed by atoms with Gasteiger partial charge in [-0.2, -0.15) is 0 Å². The molecule has 0 amide bonds. The Hall–Kier alpha value is -0.650. The minimum absolute atomic E-state index is 0.133. The molecule has 20 heavy (non-hydrogen) atoms. The van der Waals surface area contributed by atoms with Crippen LogP contribution in [0.15, 0.2) is 0 Å². The second-order valence-electron chi connectivity index (χ2n) is 6.37. The van der Waals surface area contributed by atoms with Gasteiger partial charge >= 0.3 is 5.97 Å². The van der Waals surface area contributed by atoms with Crippen LogP contribution in [0.2, 0.25) is 0 Å². The quantitative estimate of drug-likeness (QED) is 0.605. The van der Waals surface area contributed by atoms with Crippen molar-refractivity contribution in [3.05, 3.63) is 0 Å². The molecule has 1 saturated carbocycles. The van der Waals surface area contributed by atoms with Gasteiger partial charge in [-0.3, -0.25) is 10.1 Å². The summed E-state index contributed by atoms with van der Waals surface area (Å²) >= 11 is 0. The van der Waals surface area contributed by atoms with Gasteiger partial charge in [0.1, 0.15) is 5.54 Å². The van der Waals surface area contributed by atoms with Crippen molar-refractivity contribution < 1.29 is 9.53 Å². The van der Waals surface area contributed by atoms with E-state index in [9.17, 15) is 4.79 Å². The summed E-state index contributed by atoms with van der Waals surface area (Å²) in [5.41, 5.74) is -0.593. The molecule has 0 aromatic carbocycles. The Morgan fingerprint density at radius 1 is 1.30 bits per heavy atom. The molecule has 1 aliphatic rings. The molecule has 0 aromatic heterocycles. The molecule has 1 N–H and O–H groups in total. The largest absolute Gasteiger partial charge is 0.465 e. The van der Waals surface area contributed by atoms with E-state index >= 15 is 0 Å². The number of rotatable bonds is 10. The van der Waals surface area contributed by atoms with Crippen molar-refractivity contribution in [1.82, 2.24) is 15.1 Å². The molecular weight excluding hydrogens is 254 g/mol. The van der Waals surface area contributed by atoms with Gasteiger partial charge < -0.3 is 14.5 Å². The van der Waals surface area contributed by atoms with Crippen LogP contribution < -0.4 is 5.32 Å². The molecule has 0 aromatic rings. The summed E-state index contributed by atoms with van der Waals surface area (Å²) in [5.74, 6) is -0.133. The minimum atomic E-state index is -0.593. The Morgan fingerprint density at radius 3 is 2.45 bits per heavy atom. The first-order valence-electron chi connectivity index (χ1n) is 7.65. The normalized spacial score (nSPS) is 18.4. The van der Waals surface area contributed by atoms with E-state index in [0.717, 1.165) is 19.5 Å². The monoisotopic (exact) mass is 285 g/mol. The lowest BCUT2D eigenvalue weighted by atomic mass is 10.0. The number of hydrogen-bond donors (Lipinski definition) is 1. The van der Waals surface area contributed by atoms with E-state index in [4.69, 9.17) is 4.74 Å². The summed E-state index contributed by atoms with van der Waals surface area (Å²) in [5, 5.41) is 3.46. The summed E-state index contributed by atoms with van der Waals surface area (Å²) in [7, 11) is 6.23. The highest BCUT2D eigenvalue weighted by molar-refractivity contribution is 5.80. The average molecular weight is 285 g/mol. The van der Waals surface area contributed by atoms with Gasteiger partial charge in [0.2, 0.25) is 0 Å². The van der Waals surface area contributed by atoms with Crippen molar-refractivity contribution in [2.45, 2.75) is 44.7 Å². The lowest BCUT2D eigenvalue weighted by molar-refractivity contribution is -0.151. The van der Waals surface area contributed by atoms with Gasteiger partial charge in [-0.15, -0.1) is 0 Å². The first-order valence-corrected chi connectivity index (χ1v) is 7.65. The van der Waals surface area contributed by atoms with Gasteiger partial charge in [-0.05, 0) is 67.3 Å². The van der Waals surface area contributed by atoms with E-state index in [2.05, 4.69) is 36.3 Å². The van der Waals surface area contributed by atoms with Gasteiger partial charge in [0, 0.05) is 12.6 Å². The van der Waals surface area contributed by atoms with Crippen molar-refractivity contribution >= 4 is 5.97 Å². The van der Waals surface area contributed by atoms with Crippen LogP contribution in [0.5, 0.6) is 0 Å². The number of carbonyl (C=O) groups is 1. The van der Waals surface area contributed by atoms with Gasteiger partial charge in [0.15, 0.2) is 0 Å². The molecule has 1 rings (SSSR count). The minimum Gasteiger partial charge on any atom is -0.465 e. The maximum atomic E-state index is 12.2. The van der Waals surface area contributed by atoms with E-state index in [1.54, 1.807) is 0 Å². The lowest BCUT2D eigenvalue weighted by Gasteiger charge is -2.33. The maximum Gasteiger partial charge on any atom is 0.327 e. The SMILES string of the molecule is CCOC(=O)C(C)(CN(C)CCCN(C)C)NC1CC1. The molecule has 118 valence electrons. The van der Waals surface area contributed by atoms with Crippen LogP contribution in [0.1, 0.15) is 33.1 Å². The number of likely N-dealkylation sites (N-methyl/N-ethyl adjacent to an activating group) is 1. The number of nitrogens with zero attached hydrogens (tertiary/aromatic N) is 2. The fraction of sp³-hybridized carbons (Fsp3) is 0.933. The zero-order valence-corrected chi connectivity index (χ0v) is 13.7. The molecule has 1 unspecified atom stereocenters. The highest BCUT2D eigenvalue weighted by Gasteiger charge is 2.40. The Labute approximate surface area is 123 Å². The summed E-state index contributed by atoms with van der Waals surface area (Å²) in [4.78, 5) is 16.6. The third-order valence-corrected chi connectivity index (χ3v) is 3.56. The fourth-order valence-corrected chi connectivity index (χ4v) is 2.41. The molecule has 1 fully saturated rings. The van der Waals surface area contributed by atoms with Crippen molar-refractivity contribution in [2.24, 2.45) is 0 Å². The van der Waals surface area contributed by atoms with E-state index in [0.29, 0.717) is 19.2 Å². The molecular formula is C15H31N3O2. The lowest BCUT2D eigenvalue weighted by Crippen LogP contribution is -2.58. The second kappa shape index (κ2) is 7.96. The summed E-state index contributed by atoms with van der Waals surface area (Å²) < 4.78 is 5.24. The van der Waals surface area contributed by atoms with E-state index in [-0.39, 0.29) is 5.97 Å². The number of ether oxygens (including phenoxy) is 1. The molecule has 5 nitrogen and oxygen atoms in total. The van der Waals surface area contributed by atoms with Crippen LogP contribution in [0.3, 0.4) is 0 Å². The van der Waals surface area contributed by atoms with Crippen LogP contribution >= 0.6 is 0 Å². The number of esters is 1. The first kappa shape index (κ1) is 17.4. The molecule has 0 aliphatic heterocycles. The van der Waals surface area contributed by atoms with Crippen LogP contribution in [-0.2, 0) is 9.53 Å². The molecule has 0 spiro atoms.